The van der Waals surface area contributed by atoms with E-state index in [1.54, 1.807) is 18.3 Å². The molecule has 2 unspecified atom stereocenters. The molecule has 2 atom stereocenters. The van der Waals surface area contributed by atoms with Crippen molar-refractivity contribution in [3.05, 3.63) is 66.1 Å². The Kier molecular flexibility index (Phi) is 6.50. The number of benzene rings is 1. The van der Waals surface area contributed by atoms with Gasteiger partial charge in [0.05, 0.1) is 18.8 Å². The maximum atomic E-state index is 11.8. The molecule has 2 heterocycles. The summed E-state index contributed by atoms with van der Waals surface area (Å²) in [5.74, 6) is -0.135. The third kappa shape index (κ3) is 5.63. The van der Waals surface area contributed by atoms with Crippen LogP contribution in [0.4, 0.5) is 0 Å². The number of furan rings is 1. The maximum Gasteiger partial charge on any atom is 0.259 e. The average Bonchev–Trinajstić information content (AvgIpc) is 3.37. The monoisotopic (exact) mass is 367 g/mol. The van der Waals surface area contributed by atoms with Gasteiger partial charge in [-0.25, -0.2) is 10.9 Å². The lowest BCUT2D eigenvalue weighted by Gasteiger charge is -2.14. The molecule has 0 bridgehead atoms. The van der Waals surface area contributed by atoms with Crippen LogP contribution in [0.1, 0.15) is 17.4 Å². The normalized spacial score (nSPS) is 19.6. The van der Waals surface area contributed by atoms with Crippen molar-refractivity contribution in [2.24, 2.45) is 11.0 Å². The predicted molar refractivity (Wildman–Crippen MR) is 101 cm³/mol. The van der Waals surface area contributed by atoms with Crippen LogP contribution in [0.15, 0.2) is 64.3 Å². The highest BCUT2D eigenvalue weighted by molar-refractivity contribution is 5.94. The van der Waals surface area contributed by atoms with Crippen molar-refractivity contribution in [1.82, 2.24) is 21.6 Å². The van der Waals surface area contributed by atoms with Crippen LogP contribution >= 0.6 is 0 Å². The van der Waals surface area contributed by atoms with Gasteiger partial charge in [-0.2, -0.15) is 5.10 Å². The molecule has 2 amide bonds. The Morgan fingerprint density at radius 2 is 2.07 bits per heavy atom. The Morgan fingerprint density at radius 1 is 1.22 bits per heavy atom. The molecule has 0 radical (unpaired) electrons. The second-order valence-corrected chi connectivity index (χ2v) is 5.96. The summed E-state index contributed by atoms with van der Waals surface area (Å²) >= 11 is 0. The Morgan fingerprint density at radius 3 is 2.85 bits per heavy atom. The maximum absolute atomic E-state index is 11.8. The van der Waals surface area contributed by atoms with Gasteiger partial charge in [0.15, 0.2) is 0 Å². The van der Waals surface area contributed by atoms with Gasteiger partial charge >= 0.3 is 0 Å². The first-order valence-corrected chi connectivity index (χ1v) is 8.57. The van der Waals surface area contributed by atoms with Gasteiger partial charge in [0.25, 0.3) is 5.91 Å². The number of hydrazine groups is 1. The van der Waals surface area contributed by atoms with Crippen LogP contribution in [0.25, 0.3) is 6.08 Å². The number of hydrogen-bond acceptors (Lipinski definition) is 6. The minimum absolute atomic E-state index is 0.0818. The second kappa shape index (κ2) is 9.46. The summed E-state index contributed by atoms with van der Waals surface area (Å²) in [5, 5.41) is 6.48. The molecule has 1 aromatic carbocycles. The molecule has 4 N–H and O–H groups in total. The molecule has 1 aliphatic rings. The van der Waals surface area contributed by atoms with E-state index in [-0.39, 0.29) is 24.4 Å². The second-order valence-electron chi connectivity index (χ2n) is 5.96. The molecule has 0 spiro atoms. The van der Waals surface area contributed by atoms with E-state index in [1.165, 1.54) is 18.4 Å². The zero-order valence-electron chi connectivity index (χ0n) is 14.6. The first kappa shape index (κ1) is 18.6. The molecule has 27 heavy (non-hydrogen) atoms. The topological polar surface area (TPSA) is 108 Å². The van der Waals surface area contributed by atoms with Gasteiger partial charge in [-0.1, -0.05) is 30.3 Å². The van der Waals surface area contributed by atoms with Gasteiger partial charge < -0.3 is 9.73 Å². The Bertz CT molecular complexity index is 802. The highest BCUT2D eigenvalue weighted by Gasteiger charge is 2.26. The molecule has 8 heteroatoms. The predicted octanol–water partition coefficient (Wildman–Crippen LogP) is 0.976. The van der Waals surface area contributed by atoms with Gasteiger partial charge in [-0.3, -0.25) is 15.0 Å². The van der Waals surface area contributed by atoms with E-state index in [0.717, 1.165) is 5.56 Å². The number of rotatable bonds is 7. The molecule has 3 rings (SSSR count). The van der Waals surface area contributed by atoms with Crippen molar-refractivity contribution >= 4 is 24.1 Å². The summed E-state index contributed by atoms with van der Waals surface area (Å²) in [6.07, 6.45) is 6.03. The average molecular weight is 367 g/mol. The number of nitrogens with zero attached hydrogens (tertiary/aromatic N) is 1. The van der Waals surface area contributed by atoms with E-state index >= 15 is 0 Å². The van der Waals surface area contributed by atoms with Crippen LogP contribution in [-0.4, -0.2) is 31.1 Å². The van der Waals surface area contributed by atoms with Gasteiger partial charge in [0.1, 0.15) is 5.76 Å². The molecule has 8 nitrogen and oxygen atoms in total. The van der Waals surface area contributed by atoms with E-state index in [4.69, 9.17) is 4.42 Å². The number of carbonyl (C=O) groups excluding carboxylic acids is 2. The molecule has 1 aromatic heterocycles. The third-order valence-corrected chi connectivity index (χ3v) is 4.00. The van der Waals surface area contributed by atoms with Gasteiger partial charge in [-0.05, 0) is 23.8 Å². The molecule has 2 aromatic rings. The van der Waals surface area contributed by atoms with E-state index in [0.29, 0.717) is 12.3 Å². The number of hydrogen-bond donors (Lipinski definition) is 4. The highest BCUT2D eigenvalue weighted by Crippen LogP contribution is 2.22. The zero-order valence-corrected chi connectivity index (χ0v) is 14.6. The molecule has 1 fully saturated rings. The minimum Gasteiger partial charge on any atom is -0.465 e. The molecular formula is C19H21N5O3. The fraction of sp³-hybridized carbons (Fsp3) is 0.211. The summed E-state index contributed by atoms with van der Waals surface area (Å²) in [6, 6.07) is 13.5. The van der Waals surface area contributed by atoms with Gasteiger partial charge in [0.2, 0.25) is 5.91 Å². The van der Waals surface area contributed by atoms with E-state index in [2.05, 4.69) is 26.7 Å². The SMILES string of the molecule is O=C(/C=C\c1ccco1)NCC(=O)N/N=C/C1CNNC1c1ccccc1. The molecular weight excluding hydrogens is 346 g/mol. The largest absolute Gasteiger partial charge is 0.465 e. The summed E-state index contributed by atoms with van der Waals surface area (Å²) in [4.78, 5) is 23.4. The van der Waals surface area contributed by atoms with Crippen LogP contribution in [0.3, 0.4) is 0 Å². The molecule has 0 saturated carbocycles. The lowest BCUT2D eigenvalue weighted by molar-refractivity contribution is -0.123. The fourth-order valence-electron chi connectivity index (χ4n) is 2.66. The standard InChI is InChI=1S/C19H21N5O3/c25-17(9-8-16-7-4-10-27-16)20-13-18(26)23-21-11-15-12-22-24-19(15)14-5-2-1-3-6-14/h1-11,15,19,22,24H,12-13H2,(H,20,25)(H,23,26)/b9-8-,21-11+. The highest BCUT2D eigenvalue weighted by atomic mass is 16.3. The Balaban J connectivity index is 1.41. The zero-order chi connectivity index (χ0) is 18.9. The lowest BCUT2D eigenvalue weighted by atomic mass is 9.96. The third-order valence-electron chi connectivity index (χ3n) is 4.00. The number of amides is 2. The minimum atomic E-state index is -0.402. The summed E-state index contributed by atoms with van der Waals surface area (Å²) in [6.45, 7) is 0.537. The van der Waals surface area contributed by atoms with E-state index < -0.39 is 5.91 Å². The first-order chi connectivity index (χ1) is 13.2. The van der Waals surface area contributed by atoms with Crippen LogP contribution in [0, 0.1) is 5.92 Å². The first-order valence-electron chi connectivity index (χ1n) is 8.57. The van der Waals surface area contributed by atoms with Crippen LogP contribution in [0.5, 0.6) is 0 Å². The van der Waals surface area contributed by atoms with Gasteiger partial charge in [0, 0.05) is 24.8 Å². The van der Waals surface area contributed by atoms with E-state index in [9.17, 15) is 9.59 Å². The quantitative estimate of drug-likeness (QED) is 0.331. The number of carbonyl (C=O) groups is 2. The summed E-state index contributed by atoms with van der Waals surface area (Å²) in [7, 11) is 0. The molecule has 1 saturated heterocycles. The smallest absolute Gasteiger partial charge is 0.259 e. The number of nitrogens with one attached hydrogen (secondary N) is 4. The van der Waals surface area contributed by atoms with Crippen LogP contribution in [0.2, 0.25) is 0 Å². The number of hydrazone groups is 1. The van der Waals surface area contributed by atoms with Crippen molar-refractivity contribution in [2.75, 3.05) is 13.1 Å². The van der Waals surface area contributed by atoms with Crippen molar-refractivity contribution in [1.29, 1.82) is 0 Å². The molecule has 1 aliphatic heterocycles. The molecule has 140 valence electrons. The van der Waals surface area contributed by atoms with Gasteiger partial charge in [-0.15, -0.1) is 0 Å². The van der Waals surface area contributed by atoms with E-state index in [1.807, 2.05) is 30.3 Å². The summed E-state index contributed by atoms with van der Waals surface area (Å²) in [5.41, 5.74) is 9.86. The Hall–Kier alpha value is -3.23. The van der Waals surface area contributed by atoms with Crippen LogP contribution < -0.4 is 21.6 Å². The summed E-state index contributed by atoms with van der Waals surface area (Å²) < 4.78 is 5.08. The van der Waals surface area contributed by atoms with Crippen molar-refractivity contribution in [3.63, 3.8) is 0 Å². The lowest BCUT2D eigenvalue weighted by Crippen LogP contribution is -2.34. The van der Waals surface area contributed by atoms with Crippen molar-refractivity contribution in [3.8, 4) is 0 Å². The molecule has 0 aliphatic carbocycles. The van der Waals surface area contributed by atoms with Crippen LogP contribution in [-0.2, 0) is 9.59 Å². The van der Waals surface area contributed by atoms with Crippen molar-refractivity contribution in [2.45, 2.75) is 6.04 Å². The Labute approximate surface area is 156 Å². The van der Waals surface area contributed by atoms with Crippen molar-refractivity contribution < 1.29 is 14.0 Å². The fourth-order valence-corrected chi connectivity index (χ4v) is 2.66.